The number of hydrogen-bond acceptors (Lipinski definition) is 12. The highest BCUT2D eigenvalue weighted by atomic mass is 32.2. The van der Waals surface area contributed by atoms with Crippen molar-refractivity contribution >= 4 is 51.9 Å². The summed E-state index contributed by atoms with van der Waals surface area (Å²) in [4.78, 5) is 52.2. The number of carbonyl (C=O) groups excluding carboxylic acids is 4. The lowest BCUT2D eigenvalue weighted by molar-refractivity contribution is -0.115. The Hall–Kier alpha value is -4.11. The van der Waals surface area contributed by atoms with Gasteiger partial charge in [0.1, 0.15) is 21.4 Å². The minimum atomic E-state index is -0.656. The molecule has 254 valence electrons. The summed E-state index contributed by atoms with van der Waals surface area (Å²) in [5.41, 5.74) is 0.892. The van der Waals surface area contributed by atoms with Gasteiger partial charge in [-0.1, -0.05) is 31.0 Å². The Labute approximate surface area is 282 Å². The van der Waals surface area contributed by atoms with E-state index in [0.29, 0.717) is 33.6 Å². The maximum Gasteiger partial charge on any atom is 0.348 e. The number of nitrogens with one attached hydrogen (secondary N) is 2. The van der Waals surface area contributed by atoms with Crippen LogP contribution < -0.4 is 20.1 Å². The fourth-order valence-corrected chi connectivity index (χ4v) is 7.31. The van der Waals surface area contributed by atoms with Crippen molar-refractivity contribution in [1.82, 2.24) is 20.1 Å². The monoisotopic (exact) mass is 687 g/mol. The first-order valence-electron chi connectivity index (χ1n) is 15.5. The van der Waals surface area contributed by atoms with Crippen LogP contribution in [0, 0.1) is 6.92 Å². The number of benzene rings is 1. The van der Waals surface area contributed by atoms with Gasteiger partial charge in [-0.15, -0.1) is 21.5 Å². The minimum Gasteiger partial charge on any atom is -0.497 e. The highest BCUT2D eigenvalue weighted by Gasteiger charge is 2.30. The molecule has 3 aromatic rings. The lowest BCUT2D eigenvalue weighted by Gasteiger charge is -2.26. The zero-order chi connectivity index (χ0) is 34.1. The molecule has 1 aliphatic rings. The van der Waals surface area contributed by atoms with E-state index in [1.54, 1.807) is 45.9 Å². The van der Waals surface area contributed by atoms with E-state index in [4.69, 9.17) is 18.9 Å². The van der Waals surface area contributed by atoms with Crippen molar-refractivity contribution in [3.05, 3.63) is 45.6 Å². The van der Waals surface area contributed by atoms with Crippen LogP contribution in [0.5, 0.6) is 11.5 Å². The maximum absolute atomic E-state index is 13.5. The smallest absolute Gasteiger partial charge is 0.348 e. The topological polar surface area (TPSA) is 160 Å². The summed E-state index contributed by atoms with van der Waals surface area (Å²) in [6, 6.07) is 5.06. The predicted octanol–water partition coefficient (Wildman–Crippen LogP) is 5.57. The number of carbonyl (C=O) groups is 4. The average Bonchev–Trinajstić information content (AvgIpc) is 3.63. The molecular formula is C32H41N5O8S2. The quantitative estimate of drug-likeness (QED) is 0.161. The third-order valence-corrected chi connectivity index (χ3v) is 9.92. The van der Waals surface area contributed by atoms with Gasteiger partial charge in [0.15, 0.2) is 11.0 Å². The second kappa shape index (κ2) is 16.6. The first kappa shape index (κ1) is 35.7. The first-order valence-corrected chi connectivity index (χ1v) is 17.2. The van der Waals surface area contributed by atoms with Crippen LogP contribution in [0.3, 0.4) is 0 Å². The molecule has 1 saturated carbocycles. The number of aromatic nitrogens is 3. The molecule has 2 aromatic heterocycles. The Morgan fingerprint density at radius 3 is 2.23 bits per heavy atom. The minimum absolute atomic E-state index is 0.114. The fourth-order valence-electron chi connectivity index (χ4n) is 5.28. The van der Waals surface area contributed by atoms with Gasteiger partial charge in [0.25, 0.3) is 5.91 Å². The molecule has 4 rings (SSSR count). The molecule has 1 fully saturated rings. The number of thiophene rings is 1. The number of ether oxygens (including phenoxy) is 4. The fraction of sp³-hybridized carbons (Fsp3) is 0.500. The molecule has 0 saturated heterocycles. The number of methoxy groups -OCH3 is 2. The third-order valence-electron chi connectivity index (χ3n) is 7.67. The molecule has 15 heteroatoms. The van der Waals surface area contributed by atoms with Crippen molar-refractivity contribution in [3.8, 4) is 11.5 Å². The van der Waals surface area contributed by atoms with E-state index in [0.717, 1.165) is 43.4 Å². The second-order valence-corrected chi connectivity index (χ2v) is 13.1. The molecule has 0 radical (unpaired) electrons. The van der Waals surface area contributed by atoms with Gasteiger partial charge < -0.3 is 34.1 Å². The van der Waals surface area contributed by atoms with Crippen LogP contribution in [0.2, 0.25) is 0 Å². The van der Waals surface area contributed by atoms with E-state index in [-0.39, 0.29) is 47.1 Å². The van der Waals surface area contributed by atoms with Crippen molar-refractivity contribution in [2.45, 2.75) is 82.8 Å². The summed E-state index contributed by atoms with van der Waals surface area (Å²) in [5, 5.41) is 14.7. The average molecular weight is 688 g/mol. The number of nitrogens with zero attached hydrogens (tertiary/aromatic N) is 3. The van der Waals surface area contributed by atoms with E-state index in [1.165, 1.54) is 26.0 Å². The normalized spacial score (nSPS) is 13.8. The first-order chi connectivity index (χ1) is 22.6. The SMILES string of the molecule is CCOC(=O)c1sc(NC(=O)C(C)Sc2nnc(CNC(=O)c3cc(OC)cc(OC)c3)n2C2CCCCC2)c(C(=O)OCC)c1C. The molecule has 2 heterocycles. The number of amides is 2. The summed E-state index contributed by atoms with van der Waals surface area (Å²) >= 11 is 2.21. The van der Waals surface area contributed by atoms with Crippen LogP contribution in [0.25, 0.3) is 0 Å². The Morgan fingerprint density at radius 1 is 0.979 bits per heavy atom. The molecule has 0 bridgehead atoms. The molecule has 2 N–H and O–H groups in total. The summed E-state index contributed by atoms with van der Waals surface area (Å²) in [5.74, 6) is -0.360. The second-order valence-electron chi connectivity index (χ2n) is 10.8. The zero-order valence-corrected chi connectivity index (χ0v) is 29.1. The maximum atomic E-state index is 13.5. The van der Waals surface area contributed by atoms with E-state index >= 15 is 0 Å². The van der Waals surface area contributed by atoms with Crippen molar-refractivity contribution in [1.29, 1.82) is 0 Å². The molecule has 1 unspecified atom stereocenters. The molecule has 13 nitrogen and oxygen atoms in total. The number of rotatable bonds is 14. The Bertz CT molecular complexity index is 1580. The van der Waals surface area contributed by atoms with Gasteiger partial charge in [-0.05, 0) is 58.2 Å². The van der Waals surface area contributed by atoms with Gasteiger partial charge in [-0.3, -0.25) is 9.59 Å². The van der Waals surface area contributed by atoms with Crippen LogP contribution in [-0.4, -0.2) is 71.2 Å². The van der Waals surface area contributed by atoms with Crippen molar-refractivity contribution in [2.24, 2.45) is 0 Å². The van der Waals surface area contributed by atoms with Crippen molar-refractivity contribution < 1.29 is 38.1 Å². The van der Waals surface area contributed by atoms with Crippen molar-refractivity contribution in [3.63, 3.8) is 0 Å². The van der Waals surface area contributed by atoms with Crippen LogP contribution in [-0.2, 0) is 20.8 Å². The van der Waals surface area contributed by atoms with Crippen molar-refractivity contribution in [2.75, 3.05) is 32.8 Å². The number of anilines is 1. The van der Waals surface area contributed by atoms with Gasteiger partial charge in [-0.2, -0.15) is 0 Å². The van der Waals surface area contributed by atoms with Gasteiger partial charge in [0.2, 0.25) is 5.91 Å². The van der Waals surface area contributed by atoms with Gasteiger partial charge >= 0.3 is 11.9 Å². The van der Waals surface area contributed by atoms with E-state index in [2.05, 4.69) is 20.8 Å². The standard InChI is InChI=1S/C32H41N5O8S2/c1-7-44-30(40)25-18(3)26(31(41)45-8-2)47-29(25)34-27(38)19(4)46-32-36-35-24(37(32)21-12-10-9-11-13-21)17-33-28(39)20-14-22(42-5)16-23(15-20)43-6/h14-16,19,21H,7-13,17H2,1-6H3,(H,33,39)(H,34,38). The molecule has 1 aliphatic carbocycles. The molecule has 0 aliphatic heterocycles. The number of esters is 2. The molecule has 2 amide bonds. The number of hydrogen-bond donors (Lipinski definition) is 2. The lowest BCUT2D eigenvalue weighted by atomic mass is 9.95. The zero-order valence-electron chi connectivity index (χ0n) is 27.5. The highest BCUT2D eigenvalue weighted by Crippen LogP contribution is 2.37. The molecule has 47 heavy (non-hydrogen) atoms. The Balaban J connectivity index is 1.54. The molecule has 1 aromatic carbocycles. The summed E-state index contributed by atoms with van der Waals surface area (Å²) < 4.78 is 23.0. The largest absolute Gasteiger partial charge is 0.497 e. The van der Waals surface area contributed by atoms with Gasteiger partial charge in [0, 0.05) is 17.7 Å². The van der Waals surface area contributed by atoms with Crippen LogP contribution in [0.1, 0.15) is 101 Å². The predicted molar refractivity (Wildman–Crippen MR) is 178 cm³/mol. The summed E-state index contributed by atoms with van der Waals surface area (Å²) in [6.45, 7) is 7.16. The van der Waals surface area contributed by atoms with E-state index in [1.807, 2.05) is 4.57 Å². The molecular weight excluding hydrogens is 647 g/mol. The molecule has 0 spiro atoms. The molecule has 1 atom stereocenters. The van der Waals surface area contributed by atoms with E-state index in [9.17, 15) is 19.2 Å². The van der Waals surface area contributed by atoms with Crippen LogP contribution in [0.15, 0.2) is 23.4 Å². The van der Waals surface area contributed by atoms with E-state index < -0.39 is 23.1 Å². The Kier molecular flexibility index (Phi) is 12.6. The number of thioether (sulfide) groups is 1. The Morgan fingerprint density at radius 2 is 1.62 bits per heavy atom. The highest BCUT2D eigenvalue weighted by molar-refractivity contribution is 8.00. The summed E-state index contributed by atoms with van der Waals surface area (Å²) in [7, 11) is 3.04. The van der Waals surface area contributed by atoms with Crippen LogP contribution in [0.4, 0.5) is 5.00 Å². The third kappa shape index (κ3) is 8.63. The van der Waals surface area contributed by atoms with Gasteiger partial charge in [0.05, 0.1) is 44.8 Å². The lowest BCUT2D eigenvalue weighted by Crippen LogP contribution is -2.27. The summed E-state index contributed by atoms with van der Waals surface area (Å²) in [6.07, 6.45) is 5.09. The van der Waals surface area contributed by atoms with Crippen LogP contribution >= 0.6 is 23.1 Å². The van der Waals surface area contributed by atoms with Gasteiger partial charge in [-0.25, -0.2) is 9.59 Å².